The molecule has 1 fully saturated rings. The van der Waals surface area contributed by atoms with Gasteiger partial charge in [-0.05, 0) is 35.3 Å². The molecular formula is C18H14N4OS2. The maximum absolute atomic E-state index is 11.9. The second-order valence-corrected chi connectivity index (χ2v) is 6.92. The predicted octanol–water partition coefficient (Wildman–Crippen LogP) is 3.01. The van der Waals surface area contributed by atoms with Gasteiger partial charge in [0.15, 0.2) is 5.11 Å². The first-order chi connectivity index (χ1) is 12.2. The van der Waals surface area contributed by atoms with Crippen molar-refractivity contribution < 1.29 is 4.79 Å². The molecule has 0 radical (unpaired) electrons. The zero-order valence-electron chi connectivity index (χ0n) is 13.1. The highest BCUT2D eigenvalue weighted by Gasteiger charge is 2.21. The highest BCUT2D eigenvalue weighted by atomic mass is 32.1. The van der Waals surface area contributed by atoms with Crippen LogP contribution in [0.3, 0.4) is 0 Å². The Labute approximate surface area is 154 Å². The lowest BCUT2D eigenvalue weighted by Gasteiger charge is -2.00. The number of carbonyl (C=O) groups is 1. The van der Waals surface area contributed by atoms with Crippen LogP contribution >= 0.6 is 23.6 Å². The fraction of sp³-hybridized carbons (Fsp3) is 0.0556. The molecule has 3 heterocycles. The molecule has 124 valence electrons. The highest BCUT2D eigenvalue weighted by Crippen LogP contribution is 2.28. The number of carbonyl (C=O) groups excluding carboxylic acids is 1. The van der Waals surface area contributed by atoms with Crippen molar-refractivity contribution in [3.63, 3.8) is 0 Å². The van der Waals surface area contributed by atoms with Gasteiger partial charge >= 0.3 is 0 Å². The van der Waals surface area contributed by atoms with E-state index in [1.807, 2.05) is 46.6 Å². The van der Waals surface area contributed by atoms with Gasteiger partial charge in [0.05, 0.1) is 11.4 Å². The van der Waals surface area contributed by atoms with Crippen molar-refractivity contribution in [1.82, 2.24) is 20.4 Å². The first-order valence-corrected chi connectivity index (χ1v) is 8.97. The third kappa shape index (κ3) is 3.38. The van der Waals surface area contributed by atoms with E-state index in [9.17, 15) is 4.79 Å². The van der Waals surface area contributed by atoms with Crippen molar-refractivity contribution in [3.05, 3.63) is 70.9 Å². The molecule has 7 heteroatoms. The second-order valence-electron chi connectivity index (χ2n) is 5.56. The summed E-state index contributed by atoms with van der Waals surface area (Å²) in [6.07, 6.45) is 3.74. The third-order valence-electron chi connectivity index (χ3n) is 3.75. The molecule has 2 N–H and O–H groups in total. The van der Waals surface area contributed by atoms with Gasteiger partial charge in [-0.3, -0.25) is 14.8 Å². The van der Waals surface area contributed by atoms with E-state index in [0.717, 1.165) is 16.1 Å². The van der Waals surface area contributed by atoms with E-state index in [-0.39, 0.29) is 5.91 Å². The maximum Gasteiger partial charge on any atom is 0.273 e. The lowest BCUT2D eigenvalue weighted by atomic mass is 10.2. The second kappa shape index (κ2) is 6.62. The molecule has 0 spiro atoms. The summed E-state index contributed by atoms with van der Waals surface area (Å²) in [5.74, 6) is -0.224. The first kappa shape index (κ1) is 15.7. The van der Waals surface area contributed by atoms with Gasteiger partial charge in [-0.25, -0.2) is 0 Å². The zero-order chi connectivity index (χ0) is 17.2. The van der Waals surface area contributed by atoms with Gasteiger partial charge in [0.2, 0.25) is 0 Å². The van der Waals surface area contributed by atoms with Gasteiger partial charge in [-0.15, -0.1) is 11.3 Å². The Kier molecular flexibility index (Phi) is 4.17. The van der Waals surface area contributed by atoms with E-state index in [4.69, 9.17) is 17.3 Å². The van der Waals surface area contributed by atoms with E-state index < -0.39 is 0 Å². The van der Waals surface area contributed by atoms with Gasteiger partial charge in [-0.1, -0.05) is 36.4 Å². The fourth-order valence-electron chi connectivity index (χ4n) is 2.64. The number of amides is 1. The molecule has 0 bridgehead atoms. The smallest absolute Gasteiger partial charge is 0.273 e. The van der Waals surface area contributed by atoms with Crippen LogP contribution in [0.5, 0.6) is 0 Å². The molecular weight excluding hydrogens is 352 g/mol. The van der Waals surface area contributed by atoms with Gasteiger partial charge in [0, 0.05) is 11.8 Å². The quantitative estimate of drug-likeness (QED) is 0.550. The standard InChI is InChI=1S/C18H14N4OS2/c23-17-14(19-18(24)20-17)9-13-11-22(10-12-5-2-1-3-6-12)21-16(13)15-7-4-8-25-15/h1-9,11H,10H2,(H2,19,20,23,24)/b14-9-. The fourth-order valence-corrected chi connectivity index (χ4v) is 3.57. The summed E-state index contributed by atoms with van der Waals surface area (Å²) in [4.78, 5) is 13.0. The number of hydrogen-bond donors (Lipinski definition) is 2. The Hall–Kier alpha value is -2.77. The Morgan fingerprint density at radius 1 is 1.16 bits per heavy atom. The summed E-state index contributed by atoms with van der Waals surface area (Å²) in [5, 5.41) is 12.5. The predicted molar refractivity (Wildman–Crippen MR) is 103 cm³/mol. The molecule has 1 amide bonds. The number of thiocarbonyl (C=S) groups is 1. The van der Waals surface area contributed by atoms with Crippen molar-refractivity contribution >= 4 is 40.7 Å². The van der Waals surface area contributed by atoms with Gasteiger partial charge in [-0.2, -0.15) is 5.10 Å². The first-order valence-electron chi connectivity index (χ1n) is 7.68. The number of benzene rings is 1. The minimum absolute atomic E-state index is 0.224. The lowest BCUT2D eigenvalue weighted by Crippen LogP contribution is -2.21. The minimum Gasteiger partial charge on any atom is -0.328 e. The molecule has 0 atom stereocenters. The largest absolute Gasteiger partial charge is 0.328 e. The molecule has 1 aliphatic heterocycles. The molecule has 5 nitrogen and oxygen atoms in total. The molecule has 25 heavy (non-hydrogen) atoms. The minimum atomic E-state index is -0.224. The summed E-state index contributed by atoms with van der Waals surface area (Å²) >= 11 is 6.61. The van der Waals surface area contributed by atoms with Gasteiger partial charge in [0.1, 0.15) is 11.4 Å². The van der Waals surface area contributed by atoms with E-state index in [0.29, 0.717) is 17.4 Å². The van der Waals surface area contributed by atoms with E-state index >= 15 is 0 Å². The van der Waals surface area contributed by atoms with Crippen LogP contribution in [0, 0.1) is 0 Å². The summed E-state index contributed by atoms with van der Waals surface area (Å²) in [6.45, 7) is 0.667. The Morgan fingerprint density at radius 2 is 2.00 bits per heavy atom. The van der Waals surface area contributed by atoms with Crippen molar-refractivity contribution in [3.8, 4) is 10.6 Å². The van der Waals surface area contributed by atoms with Crippen LogP contribution in [-0.2, 0) is 11.3 Å². The number of aromatic nitrogens is 2. The van der Waals surface area contributed by atoms with Crippen LogP contribution in [0.4, 0.5) is 0 Å². The summed E-state index contributed by atoms with van der Waals surface area (Å²) in [7, 11) is 0. The highest BCUT2D eigenvalue weighted by molar-refractivity contribution is 7.80. The number of thiophene rings is 1. The molecule has 1 aromatic carbocycles. The van der Waals surface area contributed by atoms with Gasteiger partial charge in [0.25, 0.3) is 5.91 Å². The molecule has 2 aromatic heterocycles. The van der Waals surface area contributed by atoms with Gasteiger partial charge < -0.3 is 5.32 Å². The van der Waals surface area contributed by atoms with E-state index in [2.05, 4.69) is 22.8 Å². The third-order valence-corrected chi connectivity index (χ3v) is 4.83. The molecule has 3 aromatic rings. The molecule has 0 saturated carbocycles. The Morgan fingerprint density at radius 3 is 2.68 bits per heavy atom. The average Bonchev–Trinajstić information content (AvgIpc) is 3.30. The van der Waals surface area contributed by atoms with Crippen LogP contribution in [0.1, 0.15) is 11.1 Å². The van der Waals surface area contributed by atoms with Crippen LogP contribution < -0.4 is 10.6 Å². The van der Waals surface area contributed by atoms with E-state index in [1.165, 1.54) is 5.56 Å². The van der Waals surface area contributed by atoms with Crippen LogP contribution in [0.2, 0.25) is 0 Å². The van der Waals surface area contributed by atoms with Crippen molar-refractivity contribution in [2.45, 2.75) is 6.54 Å². The SMILES string of the molecule is O=C1NC(=S)N/C1=C\c1cn(Cc2ccccc2)nc1-c1cccs1. The van der Waals surface area contributed by atoms with Crippen LogP contribution in [0.25, 0.3) is 16.6 Å². The molecule has 0 aliphatic carbocycles. The average molecular weight is 366 g/mol. The lowest BCUT2D eigenvalue weighted by molar-refractivity contribution is -0.115. The van der Waals surface area contributed by atoms with Crippen molar-refractivity contribution in [2.75, 3.05) is 0 Å². The molecule has 1 saturated heterocycles. The van der Waals surface area contributed by atoms with E-state index in [1.54, 1.807) is 17.4 Å². The summed E-state index contributed by atoms with van der Waals surface area (Å²) in [5.41, 5.74) is 3.33. The number of nitrogens with one attached hydrogen (secondary N) is 2. The van der Waals surface area contributed by atoms with Crippen LogP contribution in [-0.4, -0.2) is 20.8 Å². The Balaban J connectivity index is 1.73. The van der Waals surface area contributed by atoms with Crippen LogP contribution in [0.15, 0.2) is 59.7 Å². The topological polar surface area (TPSA) is 59.0 Å². The summed E-state index contributed by atoms with van der Waals surface area (Å²) < 4.78 is 1.89. The monoisotopic (exact) mass is 366 g/mol. The summed E-state index contributed by atoms with van der Waals surface area (Å²) in [6, 6.07) is 14.2. The molecule has 4 rings (SSSR count). The zero-order valence-corrected chi connectivity index (χ0v) is 14.7. The maximum atomic E-state index is 11.9. The molecule has 1 aliphatic rings. The number of rotatable bonds is 4. The molecule has 0 unspecified atom stereocenters. The number of nitrogens with zero attached hydrogens (tertiary/aromatic N) is 2. The Bertz CT molecular complexity index is 958. The normalized spacial score (nSPS) is 15.4. The van der Waals surface area contributed by atoms with Crippen molar-refractivity contribution in [1.29, 1.82) is 0 Å². The number of hydrogen-bond acceptors (Lipinski definition) is 4. The van der Waals surface area contributed by atoms with Crippen molar-refractivity contribution in [2.24, 2.45) is 0 Å².